The van der Waals surface area contributed by atoms with E-state index in [1.807, 2.05) is 7.11 Å². The third-order valence-electron chi connectivity index (χ3n) is 11.3. The van der Waals surface area contributed by atoms with Crippen LogP contribution >= 0.6 is 0 Å². The van der Waals surface area contributed by atoms with Crippen LogP contribution in [0.4, 0.5) is 0 Å². The lowest BCUT2D eigenvalue weighted by Crippen LogP contribution is -2.57. The molecule has 1 nitrogen and oxygen atoms in total. The van der Waals surface area contributed by atoms with Gasteiger partial charge in [-0.2, -0.15) is 0 Å². The van der Waals surface area contributed by atoms with Gasteiger partial charge in [-0.1, -0.05) is 46.8 Å². The number of methoxy groups -OCH3 is 1. The summed E-state index contributed by atoms with van der Waals surface area (Å²) in [5, 5.41) is 0. The first-order valence-electron chi connectivity index (χ1n) is 12.5. The van der Waals surface area contributed by atoms with Crippen LogP contribution in [-0.2, 0) is 4.74 Å². The van der Waals surface area contributed by atoms with Gasteiger partial charge in [0.05, 0.1) is 6.10 Å². The molecule has 1 spiro atoms. The monoisotopic (exact) mass is 384 g/mol. The molecule has 5 fully saturated rings. The van der Waals surface area contributed by atoms with Gasteiger partial charge >= 0.3 is 0 Å². The van der Waals surface area contributed by atoms with Crippen molar-refractivity contribution in [2.75, 3.05) is 7.11 Å². The van der Waals surface area contributed by atoms with Crippen LogP contribution in [-0.4, -0.2) is 13.2 Å². The predicted molar refractivity (Wildman–Crippen MR) is 117 cm³/mol. The van der Waals surface area contributed by atoms with Gasteiger partial charge < -0.3 is 4.74 Å². The Kier molecular flexibility index (Phi) is 4.46. The fourth-order valence-electron chi connectivity index (χ4n) is 10.0. The molecule has 5 rings (SSSR count). The van der Waals surface area contributed by atoms with Crippen molar-refractivity contribution in [3.63, 3.8) is 0 Å². The van der Waals surface area contributed by atoms with Crippen molar-refractivity contribution in [1.82, 2.24) is 0 Å². The molecule has 0 N–H and O–H groups in total. The molecule has 5 aliphatic rings. The molecule has 0 aromatic rings. The molecule has 0 radical (unpaired) electrons. The third-order valence-corrected chi connectivity index (χ3v) is 11.3. The number of hydrogen-bond donors (Lipinski definition) is 0. The minimum Gasteiger partial charge on any atom is -0.381 e. The maximum absolute atomic E-state index is 6.27. The summed E-state index contributed by atoms with van der Waals surface area (Å²) in [5.41, 5.74) is 1.70. The molecular formula is C27H44O. The normalized spacial score (nSPS) is 55.7. The largest absolute Gasteiger partial charge is 0.381 e. The van der Waals surface area contributed by atoms with Crippen LogP contribution in [0.15, 0.2) is 12.2 Å². The van der Waals surface area contributed by atoms with Crippen LogP contribution < -0.4 is 0 Å². The molecule has 0 aliphatic heterocycles. The van der Waals surface area contributed by atoms with E-state index in [0.717, 1.165) is 35.5 Å². The Morgan fingerprint density at radius 2 is 1.71 bits per heavy atom. The molecule has 0 aromatic carbocycles. The SMILES string of the molecule is CO[C@@H]1C[C@H]2[C@@H]3CC[C@H]([C@H](C)/C=C\C(C)C)[C@@]3(C)CC[C@@H]2[C@@]2(C)CC[C@@H]3C[C@]312. The second-order valence-corrected chi connectivity index (χ2v) is 12.5. The van der Waals surface area contributed by atoms with Crippen molar-refractivity contribution in [1.29, 1.82) is 0 Å². The van der Waals surface area contributed by atoms with Gasteiger partial charge in [0.25, 0.3) is 0 Å². The zero-order valence-electron chi connectivity index (χ0n) is 19.3. The molecule has 0 amide bonds. The van der Waals surface area contributed by atoms with Crippen molar-refractivity contribution >= 4 is 0 Å². The van der Waals surface area contributed by atoms with Gasteiger partial charge in [-0.3, -0.25) is 0 Å². The predicted octanol–water partition coefficient (Wildman–Crippen LogP) is 7.12. The summed E-state index contributed by atoms with van der Waals surface area (Å²) in [6.45, 7) is 12.5. The minimum absolute atomic E-state index is 0.547. The first kappa shape index (κ1) is 19.7. The lowest BCUT2D eigenvalue weighted by atomic mass is 9.45. The quantitative estimate of drug-likeness (QED) is 0.469. The Morgan fingerprint density at radius 1 is 0.929 bits per heavy atom. The fourth-order valence-corrected chi connectivity index (χ4v) is 10.0. The highest BCUT2D eigenvalue weighted by Crippen LogP contribution is 2.82. The third kappa shape index (κ3) is 2.35. The summed E-state index contributed by atoms with van der Waals surface area (Å²) in [4.78, 5) is 0. The average molecular weight is 385 g/mol. The molecular weight excluding hydrogens is 340 g/mol. The number of allylic oxidation sites excluding steroid dienone is 2. The summed E-state index contributed by atoms with van der Waals surface area (Å²) in [7, 11) is 2.02. The van der Waals surface area contributed by atoms with Gasteiger partial charge in [0, 0.05) is 12.5 Å². The zero-order valence-corrected chi connectivity index (χ0v) is 19.3. The summed E-state index contributed by atoms with van der Waals surface area (Å²) in [5.74, 6) is 6.13. The van der Waals surface area contributed by atoms with Crippen LogP contribution in [0.3, 0.4) is 0 Å². The zero-order chi connectivity index (χ0) is 19.9. The van der Waals surface area contributed by atoms with Crippen LogP contribution in [0.25, 0.3) is 0 Å². The van der Waals surface area contributed by atoms with E-state index < -0.39 is 0 Å². The summed E-state index contributed by atoms with van der Waals surface area (Å²) in [6.07, 6.45) is 17.3. The Balaban J connectivity index is 1.43. The molecule has 0 bridgehead atoms. The van der Waals surface area contributed by atoms with E-state index in [2.05, 4.69) is 46.8 Å². The minimum atomic E-state index is 0.547. The van der Waals surface area contributed by atoms with E-state index in [-0.39, 0.29) is 0 Å². The summed E-state index contributed by atoms with van der Waals surface area (Å²) >= 11 is 0. The second-order valence-electron chi connectivity index (χ2n) is 12.5. The van der Waals surface area contributed by atoms with Crippen molar-refractivity contribution in [3.8, 4) is 0 Å². The van der Waals surface area contributed by atoms with Crippen LogP contribution in [0.1, 0.15) is 86.0 Å². The highest BCUT2D eigenvalue weighted by atomic mass is 16.5. The maximum Gasteiger partial charge on any atom is 0.0638 e. The molecule has 5 aliphatic carbocycles. The summed E-state index contributed by atoms with van der Waals surface area (Å²) in [6, 6.07) is 0. The van der Waals surface area contributed by atoms with E-state index >= 15 is 0 Å². The number of hydrogen-bond acceptors (Lipinski definition) is 1. The van der Waals surface area contributed by atoms with Crippen LogP contribution in [0.2, 0.25) is 0 Å². The van der Waals surface area contributed by atoms with E-state index in [4.69, 9.17) is 4.74 Å². The maximum atomic E-state index is 6.27. The van der Waals surface area contributed by atoms with Gasteiger partial charge in [-0.15, -0.1) is 0 Å². The highest BCUT2D eigenvalue weighted by molar-refractivity contribution is 5.26. The first-order chi connectivity index (χ1) is 13.3. The topological polar surface area (TPSA) is 9.23 Å². The Hall–Kier alpha value is -0.300. The molecule has 0 aromatic heterocycles. The second kappa shape index (κ2) is 6.35. The van der Waals surface area contributed by atoms with Crippen LogP contribution in [0.5, 0.6) is 0 Å². The Labute approximate surface area is 174 Å². The number of ether oxygens (including phenoxy) is 1. The molecule has 28 heavy (non-hydrogen) atoms. The van der Waals surface area contributed by atoms with Crippen molar-refractivity contribution in [2.45, 2.75) is 92.1 Å². The van der Waals surface area contributed by atoms with Gasteiger partial charge in [-0.05, 0) is 104 Å². The van der Waals surface area contributed by atoms with Gasteiger partial charge in [0.15, 0.2) is 0 Å². The van der Waals surface area contributed by atoms with Crippen molar-refractivity contribution < 1.29 is 4.74 Å². The average Bonchev–Trinajstić information content (AvgIpc) is 3.16. The molecule has 0 unspecified atom stereocenters. The molecule has 0 heterocycles. The van der Waals surface area contributed by atoms with Gasteiger partial charge in [0.1, 0.15) is 0 Å². The Bertz CT molecular complexity index is 651. The molecule has 0 saturated heterocycles. The summed E-state index contributed by atoms with van der Waals surface area (Å²) < 4.78 is 6.27. The standard InChI is InChI=1S/C27H44O/c1-17(2)7-8-18(3)21-9-10-22-20-15-24(28-6)27-16-19(27)11-14-26(27,5)23(20)12-13-25(21,22)4/h7-8,17-24H,9-16H2,1-6H3/b8-7-/t18-,19-,20+,21-,22+,23+,24-,25-,26-,27+/m1/s1. The van der Waals surface area contributed by atoms with Crippen molar-refractivity contribution in [3.05, 3.63) is 12.2 Å². The highest BCUT2D eigenvalue weighted by Gasteiger charge is 2.77. The van der Waals surface area contributed by atoms with E-state index in [9.17, 15) is 0 Å². The van der Waals surface area contributed by atoms with Crippen LogP contribution in [0, 0.1) is 57.7 Å². The molecule has 158 valence electrons. The number of fused-ring (bicyclic) bond motifs is 4. The molecule has 1 heteroatoms. The van der Waals surface area contributed by atoms with Gasteiger partial charge in [-0.25, -0.2) is 0 Å². The van der Waals surface area contributed by atoms with Gasteiger partial charge in [0.2, 0.25) is 0 Å². The van der Waals surface area contributed by atoms with E-state index in [1.165, 1.54) is 51.4 Å². The lowest BCUT2D eigenvalue weighted by Gasteiger charge is -2.61. The van der Waals surface area contributed by atoms with E-state index in [0.29, 0.717) is 28.3 Å². The Morgan fingerprint density at radius 3 is 2.39 bits per heavy atom. The fraction of sp³-hybridized carbons (Fsp3) is 0.926. The number of rotatable bonds is 4. The smallest absolute Gasteiger partial charge is 0.0638 e. The van der Waals surface area contributed by atoms with Crippen molar-refractivity contribution in [2.24, 2.45) is 57.7 Å². The molecule has 5 saturated carbocycles. The lowest BCUT2D eigenvalue weighted by molar-refractivity contribution is -0.160. The first-order valence-corrected chi connectivity index (χ1v) is 12.5. The van der Waals surface area contributed by atoms with E-state index in [1.54, 1.807) is 0 Å². The molecule has 10 atom stereocenters.